The second-order valence-electron chi connectivity index (χ2n) is 6.81. The molecule has 0 bridgehead atoms. The van der Waals surface area contributed by atoms with Crippen molar-refractivity contribution in [3.05, 3.63) is 11.6 Å². The fourth-order valence-corrected chi connectivity index (χ4v) is 2.70. The molecule has 2 atom stereocenters. The summed E-state index contributed by atoms with van der Waals surface area (Å²) in [6, 6.07) is 0. The molecule has 0 aromatic carbocycles. The van der Waals surface area contributed by atoms with Crippen LogP contribution in [0.3, 0.4) is 0 Å². The summed E-state index contributed by atoms with van der Waals surface area (Å²) >= 11 is 0. The van der Waals surface area contributed by atoms with E-state index in [2.05, 4.69) is 19.9 Å². The van der Waals surface area contributed by atoms with E-state index in [1.165, 1.54) is 5.57 Å². The smallest absolute Gasteiger partial charge is 0.136 e. The molecule has 0 radical (unpaired) electrons. The quantitative estimate of drug-likeness (QED) is 0.754. The zero-order chi connectivity index (χ0) is 14.0. The fourth-order valence-electron chi connectivity index (χ4n) is 2.70. The van der Waals surface area contributed by atoms with Gasteiger partial charge in [-0.1, -0.05) is 25.5 Å². The molecule has 2 heteroatoms. The third-order valence-electron chi connectivity index (χ3n) is 4.56. The summed E-state index contributed by atoms with van der Waals surface area (Å²) in [7, 11) is 0. The van der Waals surface area contributed by atoms with E-state index in [1.54, 1.807) is 6.92 Å². The molecule has 104 valence electrons. The highest BCUT2D eigenvalue weighted by Crippen LogP contribution is 2.42. The van der Waals surface area contributed by atoms with E-state index in [0.717, 1.165) is 32.1 Å². The van der Waals surface area contributed by atoms with Crippen molar-refractivity contribution in [1.29, 1.82) is 0 Å². The molecule has 1 N–H and O–H groups in total. The van der Waals surface area contributed by atoms with Crippen LogP contribution in [0.2, 0.25) is 0 Å². The molecule has 1 rings (SSSR count). The van der Waals surface area contributed by atoms with E-state index in [4.69, 9.17) is 0 Å². The number of ketones is 1. The van der Waals surface area contributed by atoms with Gasteiger partial charge in [-0.15, -0.1) is 0 Å². The van der Waals surface area contributed by atoms with Gasteiger partial charge in [-0.25, -0.2) is 0 Å². The maximum absolute atomic E-state index is 11.7. The molecule has 1 aliphatic rings. The van der Waals surface area contributed by atoms with Gasteiger partial charge in [-0.3, -0.25) is 4.79 Å². The van der Waals surface area contributed by atoms with Crippen molar-refractivity contribution in [3.8, 4) is 0 Å². The van der Waals surface area contributed by atoms with Gasteiger partial charge in [0.2, 0.25) is 0 Å². The van der Waals surface area contributed by atoms with E-state index < -0.39 is 5.60 Å². The minimum absolute atomic E-state index is 0.167. The number of allylic oxidation sites excluding steroid dienone is 2. The van der Waals surface area contributed by atoms with Gasteiger partial charge in [-0.2, -0.15) is 0 Å². The first-order valence-electron chi connectivity index (χ1n) is 7.06. The third-order valence-corrected chi connectivity index (χ3v) is 4.56. The predicted molar refractivity (Wildman–Crippen MR) is 75.4 cm³/mol. The molecule has 0 amide bonds. The Morgan fingerprint density at radius 1 is 1.56 bits per heavy atom. The van der Waals surface area contributed by atoms with E-state index in [0.29, 0.717) is 11.7 Å². The molecule has 0 saturated carbocycles. The second-order valence-corrected chi connectivity index (χ2v) is 6.81. The van der Waals surface area contributed by atoms with Crippen molar-refractivity contribution in [2.24, 2.45) is 11.3 Å². The molecule has 0 spiro atoms. The average Bonchev–Trinajstić information content (AvgIpc) is 2.21. The number of hydrogen-bond donors (Lipinski definition) is 1. The minimum atomic E-state index is -0.561. The molecular weight excluding hydrogens is 224 g/mol. The summed E-state index contributed by atoms with van der Waals surface area (Å²) in [5.74, 6) is 0.735. The zero-order valence-corrected chi connectivity index (χ0v) is 12.5. The summed E-state index contributed by atoms with van der Waals surface area (Å²) in [5.41, 5.74) is 0.736. The monoisotopic (exact) mass is 252 g/mol. The minimum Gasteiger partial charge on any atom is -0.390 e. The first kappa shape index (κ1) is 15.4. The highest BCUT2D eigenvalue weighted by molar-refractivity contribution is 5.82. The Bertz CT molecular complexity index is 335. The topological polar surface area (TPSA) is 37.3 Å². The van der Waals surface area contributed by atoms with Gasteiger partial charge in [0, 0.05) is 5.41 Å². The number of aliphatic hydroxyl groups is 1. The second kappa shape index (κ2) is 5.56. The Hall–Kier alpha value is -0.630. The highest BCUT2D eigenvalue weighted by Gasteiger charge is 2.37. The molecule has 0 aromatic rings. The maximum atomic E-state index is 11.7. The summed E-state index contributed by atoms with van der Waals surface area (Å²) in [6.45, 7) is 9.70. The van der Waals surface area contributed by atoms with Gasteiger partial charge in [0.25, 0.3) is 0 Å². The molecule has 2 unspecified atom stereocenters. The molecule has 0 fully saturated rings. The zero-order valence-electron chi connectivity index (χ0n) is 12.5. The normalized spacial score (nSPS) is 29.0. The van der Waals surface area contributed by atoms with Crippen LogP contribution in [-0.2, 0) is 4.79 Å². The van der Waals surface area contributed by atoms with Crippen LogP contribution in [0.15, 0.2) is 11.6 Å². The number of Topliss-reactive ketones (excluding diaryl/α,β-unsaturated/α-hetero) is 1. The highest BCUT2D eigenvalue weighted by atomic mass is 16.3. The summed E-state index contributed by atoms with van der Waals surface area (Å²) < 4.78 is 0. The third kappa shape index (κ3) is 3.94. The van der Waals surface area contributed by atoms with Crippen LogP contribution in [0, 0.1) is 11.3 Å². The van der Waals surface area contributed by atoms with Crippen LogP contribution in [0.25, 0.3) is 0 Å². The van der Waals surface area contributed by atoms with Crippen molar-refractivity contribution >= 4 is 5.78 Å². The Labute approximate surface area is 111 Å². The van der Waals surface area contributed by atoms with E-state index >= 15 is 0 Å². The van der Waals surface area contributed by atoms with Crippen molar-refractivity contribution in [2.75, 3.05) is 0 Å². The van der Waals surface area contributed by atoms with Crippen molar-refractivity contribution in [3.63, 3.8) is 0 Å². The van der Waals surface area contributed by atoms with Crippen LogP contribution in [0.5, 0.6) is 0 Å². The van der Waals surface area contributed by atoms with Gasteiger partial charge in [0.05, 0.1) is 5.60 Å². The summed E-state index contributed by atoms with van der Waals surface area (Å²) in [6.07, 6.45) is 7.08. The van der Waals surface area contributed by atoms with Gasteiger partial charge >= 0.3 is 0 Å². The Morgan fingerprint density at radius 2 is 2.17 bits per heavy atom. The molecule has 0 heterocycles. The Balaban J connectivity index is 2.53. The lowest BCUT2D eigenvalue weighted by Crippen LogP contribution is -2.35. The largest absolute Gasteiger partial charge is 0.390 e. The molecule has 2 nitrogen and oxygen atoms in total. The fraction of sp³-hybridized carbons (Fsp3) is 0.812. The first-order chi connectivity index (χ1) is 8.15. The van der Waals surface area contributed by atoms with Crippen LogP contribution in [-0.4, -0.2) is 16.5 Å². The average molecular weight is 252 g/mol. The van der Waals surface area contributed by atoms with Gasteiger partial charge < -0.3 is 5.11 Å². The molecule has 18 heavy (non-hydrogen) atoms. The molecule has 1 aliphatic carbocycles. The lowest BCUT2D eigenvalue weighted by atomic mass is 9.66. The molecular formula is C16H28O2. The molecule has 0 aliphatic heterocycles. The van der Waals surface area contributed by atoms with Crippen molar-refractivity contribution in [1.82, 2.24) is 0 Å². The standard InChI is InChI=1S/C16H28O2/c1-12-11-14(7-6-9-15(3,4)18)8-10-16(12,5)13(2)17/h8,12,18H,6-7,9-11H2,1-5H3. The van der Waals surface area contributed by atoms with Gasteiger partial charge in [0.1, 0.15) is 5.78 Å². The first-order valence-corrected chi connectivity index (χ1v) is 7.06. The van der Waals surface area contributed by atoms with Crippen LogP contribution >= 0.6 is 0 Å². The maximum Gasteiger partial charge on any atom is 0.136 e. The van der Waals surface area contributed by atoms with E-state index in [9.17, 15) is 9.90 Å². The van der Waals surface area contributed by atoms with Crippen LogP contribution in [0.1, 0.15) is 66.7 Å². The van der Waals surface area contributed by atoms with Crippen LogP contribution in [0.4, 0.5) is 0 Å². The Kier molecular flexibility index (Phi) is 4.77. The van der Waals surface area contributed by atoms with Crippen molar-refractivity contribution in [2.45, 2.75) is 72.3 Å². The van der Waals surface area contributed by atoms with Crippen molar-refractivity contribution < 1.29 is 9.90 Å². The Morgan fingerprint density at radius 3 is 2.61 bits per heavy atom. The predicted octanol–water partition coefficient (Wildman–Crippen LogP) is 3.88. The van der Waals surface area contributed by atoms with Gasteiger partial charge in [-0.05, 0) is 58.8 Å². The van der Waals surface area contributed by atoms with E-state index in [-0.39, 0.29) is 5.41 Å². The van der Waals surface area contributed by atoms with Gasteiger partial charge in [0.15, 0.2) is 0 Å². The molecule has 0 aromatic heterocycles. The number of hydrogen-bond acceptors (Lipinski definition) is 2. The summed E-state index contributed by atoms with van der Waals surface area (Å²) in [4.78, 5) is 11.7. The van der Waals surface area contributed by atoms with E-state index in [1.807, 2.05) is 13.8 Å². The number of carbonyl (C=O) groups excluding carboxylic acids is 1. The van der Waals surface area contributed by atoms with Crippen LogP contribution < -0.4 is 0 Å². The lowest BCUT2D eigenvalue weighted by Gasteiger charge is -2.37. The summed E-state index contributed by atoms with van der Waals surface area (Å²) in [5, 5.41) is 9.69. The lowest BCUT2D eigenvalue weighted by molar-refractivity contribution is -0.128. The SMILES string of the molecule is CC(=O)C1(C)CC=C(CCCC(C)(C)O)CC1C. The number of rotatable bonds is 5. The number of carbonyl (C=O) groups is 1. The molecule has 0 saturated heterocycles.